The highest BCUT2D eigenvalue weighted by Crippen LogP contribution is 2.18. The van der Waals surface area contributed by atoms with E-state index in [-0.39, 0.29) is 5.82 Å². The summed E-state index contributed by atoms with van der Waals surface area (Å²) in [7, 11) is 0. The molecular formula is C15H23ClFN. The SMILES string of the molecule is CCCNC(CCc1ccc(Cl)cc1F)C(C)C. The van der Waals surface area contributed by atoms with Gasteiger partial charge in [0.05, 0.1) is 0 Å². The minimum absolute atomic E-state index is 0.194. The Labute approximate surface area is 115 Å². The molecule has 1 aromatic rings. The lowest BCUT2D eigenvalue weighted by Gasteiger charge is -2.22. The van der Waals surface area contributed by atoms with Gasteiger partial charge < -0.3 is 5.32 Å². The number of hydrogen-bond donors (Lipinski definition) is 1. The van der Waals surface area contributed by atoms with Crippen LogP contribution < -0.4 is 5.32 Å². The van der Waals surface area contributed by atoms with Gasteiger partial charge >= 0.3 is 0 Å². The van der Waals surface area contributed by atoms with Crippen LogP contribution in [-0.2, 0) is 6.42 Å². The molecule has 1 atom stereocenters. The summed E-state index contributed by atoms with van der Waals surface area (Å²) in [6.45, 7) is 7.58. The molecule has 0 spiro atoms. The van der Waals surface area contributed by atoms with E-state index >= 15 is 0 Å². The van der Waals surface area contributed by atoms with Crippen molar-refractivity contribution in [3.05, 3.63) is 34.6 Å². The Morgan fingerprint density at radius 3 is 2.61 bits per heavy atom. The number of rotatable bonds is 7. The van der Waals surface area contributed by atoms with Crippen LogP contribution in [0.2, 0.25) is 5.02 Å². The summed E-state index contributed by atoms with van der Waals surface area (Å²) in [5, 5.41) is 3.98. The van der Waals surface area contributed by atoms with Crippen molar-refractivity contribution in [3.8, 4) is 0 Å². The van der Waals surface area contributed by atoms with Gasteiger partial charge in [-0.15, -0.1) is 0 Å². The van der Waals surface area contributed by atoms with E-state index in [0.717, 1.165) is 31.4 Å². The van der Waals surface area contributed by atoms with Crippen LogP contribution in [0.1, 0.15) is 39.2 Å². The molecule has 0 aliphatic carbocycles. The highest BCUT2D eigenvalue weighted by Gasteiger charge is 2.13. The van der Waals surface area contributed by atoms with E-state index in [2.05, 4.69) is 26.1 Å². The summed E-state index contributed by atoms with van der Waals surface area (Å²) in [5.41, 5.74) is 0.753. The molecule has 1 rings (SSSR count). The molecule has 0 fully saturated rings. The molecule has 0 saturated carbocycles. The molecule has 1 unspecified atom stereocenters. The number of aryl methyl sites for hydroxylation is 1. The van der Waals surface area contributed by atoms with Gasteiger partial charge in [0.15, 0.2) is 0 Å². The van der Waals surface area contributed by atoms with Gasteiger partial charge in [0.2, 0.25) is 0 Å². The molecule has 0 saturated heterocycles. The number of hydrogen-bond acceptors (Lipinski definition) is 1. The Morgan fingerprint density at radius 1 is 1.33 bits per heavy atom. The topological polar surface area (TPSA) is 12.0 Å². The molecule has 1 N–H and O–H groups in total. The second-order valence-corrected chi connectivity index (χ2v) is 5.52. The fourth-order valence-electron chi connectivity index (χ4n) is 2.04. The molecular weight excluding hydrogens is 249 g/mol. The fourth-order valence-corrected chi connectivity index (χ4v) is 2.20. The van der Waals surface area contributed by atoms with Crippen LogP contribution in [0.4, 0.5) is 4.39 Å². The number of nitrogens with one attached hydrogen (secondary N) is 1. The van der Waals surface area contributed by atoms with Crippen molar-refractivity contribution in [2.24, 2.45) is 5.92 Å². The molecule has 0 bridgehead atoms. The largest absolute Gasteiger partial charge is 0.314 e. The quantitative estimate of drug-likeness (QED) is 0.773. The Hall–Kier alpha value is -0.600. The average molecular weight is 272 g/mol. The summed E-state index contributed by atoms with van der Waals surface area (Å²) in [6.07, 6.45) is 2.83. The first-order chi connectivity index (χ1) is 8.54. The van der Waals surface area contributed by atoms with Crippen molar-refractivity contribution in [2.45, 2.75) is 46.1 Å². The van der Waals surface area contributed by atoms with Crippen molar-refractivity contribution < 1.29 is 4.39 Å². The lowest BCUT2D eigenvalue weighted by atomic mass is 9.96. The zero-order chi connectivity index (χ0) is 13.5. The molecule has 3 heteroatoms. The van der Waals surface area contributed by atoms with Crippen LogP contribution in [0.15, 0.2) is 18.2 Å². The van der Waals surface area contributed by atoms with E-state index in [9.17, 15) is 4.39 Å². The lowest BCUT2D eigenvalue weighted by molar-refractivity contribution is 0.376. The van der Waals surface area contributed by atoms with Crippen molar-refractivity contribution in [1.82, 2.24) is 5.32 Å². The predicted octanol–water partition coefficient (Wildman–Crippen LogP) is 4.44. The Bertz CT molecular complexity index is 366. The van der Waals surface area contributed by atoms with E-state index < -0.39 is 0 Å². The summed E-state index contributed by atoms with van der Waals surface area (Å²) >= 11 is 5.75. The molecule has 0 heterocycles. The van der Waals surface area contributed by atoms with Crippen LogP contribution in [0, 0.1) is 11.7 Å². The number of benzene rings is 1. The summed E-state index contributed by atoms with van der Waals surface area (Å²) in [6, 6.07) is 5.37. The Morgan fingerprint density at radius 2 is 2.06 bits per heavy atom. The number of halogens is 2. The van der Waals surface area contributed by atoms with Gasteiger partial charge in [-0.3, -0.25) is 0 Å². The monoisotopic (exact) mass is 271 g/mol. The maximum atomic E-state index is 13.6. The molecule has 0 aliphatic heterocycles. The normalized spacial score (nSPS) is 13.0. The average Bonchev–Trinajstić information content (AvgIpc) is 2.31. The van der Waals surface area contributed by atoms with E-state index in [4.69, 9.17) is 11.6 Å². The summed E-state index contributed by atoms with van der Waals surface area (Å²) < 4.78 is 13.6. The third kappa shape index (κ3) is 4.95. The molecule has 1 aromatic carbocycles. The standard InChI is InChI=1S/C15H23ClFN/c1-4-9-18-15(11(2)3)8-6-12-5-7-13(16)10-14(12)17/h5,7,10-11,15,18H,4,6,8-9H2,1-3H3. The van der Waals surface area contributed by atoms with Crippen molar-refractivity contribution in [2.75, 3.05) is 6.54 Å². The second-order valence-electron chi connectivity index (χ2n) is 5.08. The Kier molecular flexibility index (Phi) is 6.66. The first kappa shape index (κ1) is 15.5. The summed E-state index contributed by atoms with van der Waals surface area (Å²) in [5.74, 6) is 0.368. The second kappa shape index (κ2) is 7.75. The van der Waals surface area contributed by atoms with E-state index in [0.29, 0.717) is 17.0 Å². The van der Waals surface area contributed by atoms with Crippen LogP contribution in [0.3, 0.4) is 0 Å². The van der Waals surface area contributed by atoms with Gasteiger partial charge in [-0.25, -0.2) is 4.39 Å². The summed E-state index contributed by atoms with van der Waals surface area (Å²) in [4.78, 5) is 0. The maximum Gasteiger partial charge on any atom is 0.127 e. The molecule has 18 heavy (non-hydrogen) atoms. The van der Waals surface area contributed by atoms with Crippen molar-refractivity contribution >= 4 is 11.6 Å². The van der Waals surface area contributed by atoms with E-state index in [1.807, 2.05) is 0 Å². The van der Waals surface area contributed by atoms with Gasteiger partial charge in [0.25, 0.3) is 0 Å². The van der Waals surface area contributed by atoms with E-state index in [1.54, 1.807) is 12.1 Å². The van der Waals surface area contributed by atoms with Gasteiger partial charge in [0, 0.05) is 11.1 Å². The zero-order valence-electron chi connectivity index (χ0n) is 11.5. The predicted molar refractivity (Wildman–Crippen MR) is 76.7 cm³/mol. The Balaban J connectivity index is 2.55. The molecule has 0 aromatic heterocycles. The molecule has 0 aliphatic rings. The third-order valence-electron chi connectivity index (χ3n) is 3.20. The molecule has 0 amide bonds. The van der Waals surface area contributed by atoms with Crippen LogP contribution in [0.5, 0.6) is 0 Å². The first-order valence-corrected chi connectivity index (χ1v) is 7.09. The van der Waals surface area contributed by atoms with Crippen LogP contribution in [-0.4, -0.2) is 12.6 Å². The van der Waals surface area contributed by atoms with Gasteiger partial charge in [-0.05, 0) is 49.4 Å². The first-order valence-electron chi connectivity index (χ1n) is 6.72. The van der Waals surface area contributed by atoms with Gasteiger partial charge in [0.1, 0.15) is 5.82 Å². The van der Waals surface area contributed by atoms with Crippen molar-refractivity contribution in [1.29, 1.82) is 0 Å². The van der Waals surface area contributed by atoms with E-state index in [1.165, 1.54) is 6.07 Å². The molecule has 102 valence electrons. The minimum Gasteiger partial charge on any atom is -0.314 e. The molecule has 1 nitrogen and oxygen atoms in total. The highest BCUT2D eigenvalue weighted by atomic mass is 35.5. The lowest BCUT2D eigenvalue weighted by Crippen LogP contribution is -2.34. The van der Waals surface area contributed by atoms with Crippen molar-refractivity contribution in [3.63, 3.8) is 0 Å². The smallest absolute Gasteiger partial charge is 0.127 e. The fraction of sp³-hybridized carbons (Fsp3) is 0.600. The highest BCUT2D eigenvalue weighted by molar-refractivity contribution is 6.30. The molecule has 0 radical (unpaired) electrons. The minimum atomic E-state index is -0.194. The third-order valence-corrected chi connectivity index (χ3v) is 3.44. The van der Waals surface area contributed by atoms with Gasteiger partial charge in [-0.2, -0.15) is 0 Å². The maximum absolute atomic E-state index is 13.6. The van der Waals surface area contributed by atoms with Gasteiger partial charge in [-0.1, -0.05) is 38.4 Å². The van der Waals surface area contributed by atoms with Crippen LogP contribution >= 0.6 is 11.6 Å². The zero-order valence-corrected chi connectivity index (χ0v) is 12.2. The van der Waals surface area contributed by atoms with Crippen LogP contribution in [0.25, 0.3) is 0 Å².